The Morgan fingerprint density at radius 3 is 2.46 bits per heavy atom. The van der Waals surface area contributed by atoms with Gasteiger partial charge in [0.15, 0.2) is 0 Å². The van der Waals surface area contributed by atoms with Crippen LogP contribution in [0.2, 0.25) is 0 Å². The molecule has 5 heteroatoms. The zero-order valence-corrected chi connectivity index (χ0v) is 17.0. The smallest absolute Gasteiger partial charge is 0.270 e. The maximum atomic E-state index is 12.9. The highest BCUT2D eigenvalue weighted by molar-refractivity contribution is 5.92. The molecule has 148 valence electrons. The molecule has 4 rings (SSSR count). The van der Waals surface area contributed by atoms with Crippen LogP contribution in [0.5, 0.6) is 0 Å². The van der Waals surface area contributed by atoms with Crippen LogP contribution in [-0.2, 0) is 17.3 Å². The number of piperidine rings is 1. The average Bonchev–Trinajstić information content (AvgIpc) is 3.24. The lowest BCUT2D eigenvalue weighted by molar-refractivity contribution is -0.129. The number of aryl methyl sites for hydroxylation is 1. The Kier molecular flexibility index (Phi) is 4.77. The summed E-state index contributed by atoms with van der Waals surface area (Å²) in [6.45, 7) is 1.54. The molecule has 0 saturated carbocycles. The average molecular weight is 380 g/mol. The van der Waals surface area contributed by atoms with Crippen molar-refractivity contribution in [2.75, 3.05) is 27.2 Å². The number of rotatable bonds is 3. The summed E-state index contributed by atoms with van der Waals surface area (Å²) in [5.74, 6) is 0.586. The second-order valence-corrected chi connectivity index (χ2v) is 8.56. The van der Waals surface area contributed by atoms with Gasteiger partial charge in [0, 0.05) is 46.9 Å². The molecule has 1 aliphatic carbocycles. The normalized spacial score (nSPS) is 20.2. The molecule has 1 fully saturated rings. The van der Waals surface area contributed by atoms with Crippen molar-refractivity contribution in [3.8, 4) is 0 Å². The fourth-order valence-electron chi connectivity index (χ4n) is 5.06. The highest BCUT2D eigenvalue weighted by atomic mass is 16.2. The maximum absolute atomic E-state index is 12.9. The fraction of sp³-hybridized carbons (Fsp3) is 0.478. The van der Waals surface area contributed by atoms with Gasteiger partial charge >= 0.3 is 0 Å². The Balaban J connectivity index is 1.53. The zero-order valence-electron chi connectivity index (χ0n) is 17.0. The van der Waals surface area contributed by atoms with Crippen LogP contribution in [0.15, 0.2) is 42.6 Å². The molecule has 1 aliphatic heterocycles. The predicted molar refractivity (Wildman–Crippen MR) is 109 cm³/mol. The Bertz CT molecular complexity index is 891. The van der Waals surface area contributed by atoms with Crippen molar-refractivity contribution in [3.05, 3.63) is 59.4 Å². The quantitative estimate of drug-likeness (QED) is 0.822. The van der Waals surface area contributed by atoms with E-state index >= 15 is 0 Å². The number of nitrogens with zero attached hydrogens (tertiary/aromatic N) is 3. The summed E-state index contributed by atoms with van der Waals surface area (Å²) < 4.78 is 1.89. The minimum Gasteiger partial charge on any atom is -0.349 e. The molecule has 0 bridgehead atoms. The second-order valence-electron chi connectivity index (χ2n) is 8.56. The molecule has 1 spiro atoms. The van der Waals surface area contributed by atoms with Crippen molar-refractivity contribution in [3.63, 3.8) is 0 Å². The molecule has 1 unspecified atom stereocenters. The van der Waals surface area contributed by atoms with Crippen molar-refractivity contribution in [1.82, 2.24) is 14.4 Å². The number of likely N-dealkylation sites (tertiary alicyclic amines) is 1. The molecule has 2 amide bonds. The van der Waals surface area contributed by atoms with Crippen molar-refractivity contribution in [2.45, 2.75) is 37.0 Å². The van der Waals surface area contributed by atoms with Gasteiger partial charge in [-0.2, -0.15) is 0 Å². The molecule has 0 N–H and O–H groups in total. The van der Waals surface area contributed by atoms with E-state index in [1.165, 1.54) is 11.1 Å². The number of carbonyl (C=O) groups excluding carboxylic acids is 2. The molecule has 5 nitrogen and oxygen atoms in total. The van der Waals surface area contributed by atoms with Crippen LogP contribution in [0.25, 0.3) is 0 Å². The molecule has 28 heavy (non-hydrogen) atoms. The molecule has 1 aromatic carbocycles. The van der Waals surface area contributed by atoms with Crippen LogP contribution in [0.3, 0.4) is 0 Å². The summed E-state index contributed by atoms with van der Waals surface area (Å²) in [6.07, 6.45) is 5.42. The molecule has 1 saturated heterocycles. The molecular weight excluding hydrogens is 350 g/mol. The fourth-order valence-corrected chi connectivity index (χ4v) is 5.06. The third-order valence-corrected chi connectivity index (χ3v) is 6.70. The maximum Gasteiger partial charge on any atom is 0.270 e. The minimum atomic E-state index is 0.0961. The summed E-state index contributed by atoms with van der Waals surface area (Å²) in [7, 11) is 5.57. The first-order valence-corrected chi connectivity index (χ1v) is 10.1. The van der Waals surface area contributed by atoms with E-state index < -0.39 is 0 Å². The minimum absolute atomic E-state index is 0.0961. The van der Waals surface area contributed by atoms with Crippen molar-refractivity contribution < 1.29 is 9.59 Å². The Hall–Kier alpha value is -2.56. The molecular formula is C23H29N3O2. The van der Waals surface area contributed by atoms with Crippen LogP contribution < -0.4 is 0 Å². The van der Waals surface area contributed by atoms with E-state index in [9.17, 15) is 9.59 Å². The highest BCUT2D eigenvalue weighted by Crippen LogP contribution is 2.52. The van der Waals surface area contributed by atoms with E-state index in [-0.39, 0.29) is 23.1 Å². The van der Waals surface area contributed by atoms with E-state index in [1.807, 2.05) is 48.9 Å². The Labute approximate surface area is 166 Å². The van der Waals surface area contributed by atoms with Crippen molar-refractivity contribution in [2.24, 2.45) is 7.05 Å². The topological polar surface area (TPSA) is 45.6 Å². The van der Waals surface area contributed by atoms with E-state index in [0.717, 1.165) is 38.0 Å². The van der Waals surface area contributed by atoms with Crippen LogP contribution in [0.4, 0.5) is 0 Å². The van der Waals surface area contributed by atoms with Crippen molar-refractivity contribution >= 4 is 11.8 Å². The van der Waals surface area contributed by atoms with Crippen LogP contribution >= 0.6 is 0 Å². The highest BCUT2D eigenvalue weighted by Gasteiger charge is 2.46. The first-order chi connectivity index (χ1) is 13.4. The number of benzene rings is 1. The van der Waals surface area contributed by atoms with Gasteiger partial charge < -0.3 is 14.4 Å². The molecule has 2 heterocycles. The van der Waals surface area contributed by atoms with Crippen LogP contribution in [-0.4, -0.2) is 53.4 Å². The molecule has 2 aromatic rings. The number of amides is 2. The van der Waals surface area contributed by atoms with E-state index in [0.29, 0.717) is 6.42 Å². The molecule has 1 atom stereocenters. The van der Waals surface area contributed by atoms with Crippen LogP contribution in [0.1, 0.15) is 53.2 Å². The second kappa shape index (κ2) is 7.12. The Morgan fingerprint density at radius 1 is 1.11 bits per heavy atom. The van der Waals surface area contributed by atoms with Gasteiger partial charge in [-0.25, -0.2) is 0 Å². The molecule has 0 radical (unpaired) electrons. The lowest BCUT2D eigenvalue weighted by Gasteiger charge is -2.40. The van der Waals surface area contributed by atoms with Gasteiger partial charge in [0.2, 0.25) is 5.91 Å². The monoisotopic (exact) mass is 379 g/mol. The summed E-state index contributed by atoms with van der Waals surface area (Å²) in [5, 5.41) is 0. The largest absolute Gasteiger partial charge is 0.349 e. The number of hydrogen-bond donors (Lipinski definition) is 0. The number of carbonyl (C=O) groups is 2. The Morgan fingerprint density at radius 2 is 1.82 bits per heavy atom. The number of aromatic nitrogens is 1. The summed E-state index contributed by atoms with van der Waals surface area (Å²) in [6, 6.07) is 12.4. The number of fused-ring (bicyclic) bond motifs is 2. The van der Waals surface area contributed by atoms with Gasteiger partial charge in [0.1, 0.15) is 5.69 Å². The molecule has 1 aromatic heterocycles. The lowest BCUT2D eigenvalue weighted by atomic mass is 9.73. The SMILES string of the molecule is CN(C)C(=O)CC1CC2(CCN(C(=O)c3cccn3C)CC2)c2ccccc21. The standard InChI is InChI=1S/C23H29N3O2/c1-24(2)21(27)15-17-16-23(19-8-5-4-7-18(17)19)10-13-26(14-11-23)22(28)20-9-6-12-25(20)3/h4-9,12,17H,10-11,13-16H2,1-3H3. The van der Waals surface area contributed by atoms with Gasteiger partial charge in [-0.3, -0.25) is 9.59 Å². The third-order valence-electron chi connectivity index (χ3n) is 6.70. The van der Waals surface area contributed by atoms with Crippen LogP contribution in [0, 0.1) is 0 Å². The number of hydrogen-bond acceptors (Lipinski definition) is 2. The third kappa shape index (κ3) is 3.13. The van der Waals surface area contributed by atoms with Gasteiger partial charge in [-0.05, 0) is 53.9 Å². The van der Waals surface area contributed by atoms with Crippen molar-refractivity contribution in [1.29, 1.82) is 0 Å². The van der Waals surface area contributed by atoms with E-state index in [1.54, 1.807) is 4.90 Å². The molecule has 2 aliphatic rings. The summed E-state index contributed by atoms with van der Waals surface area (Å²) in [5.41, 5.74) is 3.58. The van der Waals surface area contributed by atoms with E-state index in [2.05, 4.69) is 24.3 Å². The lowest BCUT2D eigenvalue weighted by Crippen LogP contribution is -2.44. The van der Waals surface area contributed by atoms with Gasteiger partial charge in [-0.15, -0.1) is 0 Å². The first-order valence-electron chi connectivity index (χ1n) is 10.1. The van der Waals surface area contributed by atoms with Gasteiger partial charge in [0.25, 0.3) is 5.91 Å². The summed E-state index contributed by atoms with van der Waals surface area (Å²) >= 11 is 0. The predicted octanol–water partition coefficient (Wildman–Crippen LogP) is 3.16. The zero-order chi connectivity index (χ0) is 19.9. The van der Waals surface area contributed by atoms with Gasteiger partial charge in [0.05, 0.1) is 0 Å². The first kappa shape index (κ1) is 18.8. The van der Waals surface area contributed by atoms with Gasteiger partial charge in [-0.1, -0.05) is 24.3 Å². The van der Waals surface area contributed by atoms with E-state index in [4.69, 9.17) is 0 Å². The summed E-state index contributed by atoms with van der Waals surface area (Å²) in [4.78, 5) is 28.9.